The first-order valence-electron chi connectivity index (χ1n) is 8.83. The van der Waals surface area contributed by atoms with Gasteiger partial charge in [0.15, 0.2) is 11.3 Å². The molecule has 0 bridgehead atoms. The molecule has 0 aliphatic carbocycles. The molecular weight excluding hydrogens is 376 g/mol. The molecule has 2 aromatic carbocycles. The molecule has 1 saturated heterocycles. The van der Waals surface area contributed by atoms with E-state index in [2.05, 4.69) is 17.2 Å². The Morgan fingerprint density at radius 1 is 1.29 bits per heavy atom. The fourth-order valence-corrected chi connectivity index (χ4v) is 3.43. The number of para-hydroxylation sites is 1. The molecule has 1 unspecified atom stereocenters. The van der Waals surface area contributed by atoms with Crippen LogP contribution in [0.15, 0.2) is 58.4 Å². The van der Waals surface area contributed by atoms with Gasteiger partial charge in [-0.3, -0.25) is 4.79 Å². The van der Waals surface area contributed by atoms with Crippen LogP contribution in [-0.2, 0) is 16.0 Å². The van der Waals surface area contributed by atoms with Gasteiger partial charge in [-0.25, -0.2) is 9.79 Å². The number of carboxylic acid groups (broad SMARTS) is 1. The number of benzene rings is 2. The lowest BCUT2D eigenvalue weighted by molar-refractivity contribution is -0.144. The van der Waals surface area contributed by atoms with E-state index in [0.29, 0.717) is 15.8 Å². The highest BCUT2D eigenvalue weighted by Gasteiger charge is 2.24. The van der Waals surface area contributed by atoms with Crippen molar-refractivity contribution in [2.75, 3.05) is 0 Å². The number of hydrogen-bond donors (Lipinski definition) is 2. The fraction of sp³-hybridized carbons (Fsp3) is 0.190. The number of thioether (sulfide) groups is 1. The second-order valence-electron chi connectivity index (χ2n) is 6.13. The number of rotatable bonds is 6. The number of nitrogens with one attached hydrogen (secondary N) is 1. The average Bonchev–Trinajstić information content (AvgIpc) is 3.01. The minimum Gasteiger partial charge on any atom is -0.479 e. The monoisotopic (exact) mass is 396 g/mol. The van der Waals surface area contributed by atoms with E-state index in [1.165, 1.54) is 18.7 Å². The van der Waals surface area contributed by atoms with Gasteiger partial charge in [0.25, 0.3) is 5.91 Å². The van der Waals surface area contributed by atoms with Gasteiger partial charge in [-0.1, -0.05) is 37.3 Å². The van der Waals surface area contributed by atoms with Crippen LogP contribution in [0.1, 0.15) is 25.0 Å². The summed E-state index contributed by atoms with van der Waals surface area (Å²) < 4.78 is 5.37. The van der Waals surface area contributed by atoms with Gasteiger partial charge in [0, 0.05) is 0 Å². The molecule has 1 heterocycles. The van der Waals surface area contributed by atoms with Crippen molar-refractivity contribution >= 4 is 40.6 Å². The molecule has 1 aliphatic rings. The molecule has 6 nitrogen and oxygen atoms in total. The van der Waals surface area contributed by atoms with Crippen molar-refractivity contribution < 1.29 is 19.4 Å². The van der Waals surface area contributed by atoms with Crippen LogP contribution < -0.4 is 10.1 Å². The standard InChI is InChI=1S/C21H20N2O4S/c1-3-15-8-4-5-10-17(15)22-21-23-19(24)18(28-21)12-14-7-6-9-16(11-14)27-13(2)20(25)26/h4-13H,3H2,1-2H3,(H,25,26)(H,22,23,24)/b18-12+. The van der Waals surface area contributed by atoms with Crippen molar-refractivity contribution in [2.24, 2.45) is 4.99 Å². The van der Waals surface area contributed by atoms with E-state index in [4.69, 9.17) is 9.84 Å². The Hall–Kier alpha value is -3.06. The van der Waals surface area contributed by atoms with Crippen molar-refractivity contribution in [1.82, 2.24) is 5.32 Å². The maximum atomic E-state index is 12.3. The first-order valence-corrected chi connectivity index (χ1v) is 9.65. The number of carbonyl (C=O) groups is 2. The molecule has 144 valence electrons. The van der Waals surface area contributed by atoms with E-state index in [0.717, 1.165) is 23.2 Å². The van der Waals surface area contributed by atoms with Crippen LogP contribution in [0.3, 0.4) is 0 Å². The molecule has 7 heteroatoms. The number of hydrogen-bond acceptors (Lipinski definition) is 5. The number of aliphatic imine (C=N–C) groups is 1. The highest BCUT2D eigenvalue weighted by molar-refractivity contribution is 8.18. The number of ether oxygens (including phenoxy) is 1. The Kier molecular flexibility index (Phi) is 6.16. The number of aryl methyl sites for hydroxylation is 1. The summed E-state index contributed by atoms with van der Waals surface area (Å²) in [7, 11) is 0. The minimum absolute atomic E-state index is 0.219. The van der Waals surface area contributed by atoms with Crippen LogP contribution in [-0.4, -0.2) is 28.3 Å². The third-order valence-electron chi connectivity index (χ3n) is 4.06. The number of carbonyl (C=O) groups excluding carboxylic acids is 1. The largest absolute Gasteiger partial charge is 0.479 e. The Labute approximate surface area is 167 Å². The van der Waals surface area contributed by atoms with Gasteiger partial charge in [-0.2, -0.15) is 0 Å². The Morgan fingerprint density at radius 3 is 2.82 bits per heavy atom. The van der Waals surface area contributed by atoms with Crippen molar-refractivity contribution in [3.63, 3.8) is 0 Å². The highest BCUT2D eigenvalue weighted by Crippen LogP contribution is 2.30. The van der Waals surface area contributed by atoms with E-state index < -0.39 is 12.1 Å². The molecule has 0 saturated carbocycles. The lowest BCUT2D eigenvalue weighted by Crippen LogP contribution is -2.22. The summed E-state index contributed by atoms with van der Waals surface area (Å²) in [6.45, 7) is 3.52. The maximum absolute atomic E-state index is 12.3. The summed E-state index contributed by atoms with van der Waals surface area (Å²) >= 11 is 1.27. The predicted octanol–water partition coefficient (Wildman–Crippen LogP) is 3.99. The molecule has 1 amide bonds. The predicted molar refractivity (Wildman–Crippen MR) is 111 cm³/mol. The van der Waals surface area contributed by atoms with Crippen LogP contribution in [0, 0.1) is 0 Å². The topological polar surface area (TPSA) is 88.0 Å². The third kappa shape index (κ3) is 4.80. The van der Waals surface area contributed by atoms with E-state index in [-0.39, 0.29) is 5.91 Å². The average molecular weight is 396 g/mol. The highest BCUT2D eigenvalue weighted by atomic mass is 32.2. The normalized spacial score (nSPS) is 17.6. The Bertz CT molecular complexity index is 968. The van der Waals surface area contributed by atoms with Crippen LogP contribution in [0.2, 0.25) is 0 Å². The summed E-state index contributed by atoms with van der Waals surface area (Å²) in [5.41, 5.74) is 2.69. The van der Waals surface area contributed by atoms with Crippen molar-refractivity contribution in [2.45, 2.75) is 26.4 Å². The van der Waals surface area contributed by atoms with Gasteiger partial charge >= 0.3 is 5.97 Å². The zero-order valence-electron chi connectivity index (χ0n) is 15.5. The molecule has 1 fully saturated rings. The summed E-state index contributed by atoms with van der Waals surface area (Å²) in [4.78, 5) is 28.3. The molecule has 1 aliphatic heterocycles. The fourth-order valence-electron chi connectivity index (χ4n) is 2.59. The van der Waals surface area contributed by atoms with Gasteiger partial charge in [0.1, 0.15) is 5.75 Å². The molecule has 2 N–H and O–H groups in total. The number of amidine groups is 1. The number of aliphatic carboxylic acids is 1. The first kappa shape index (κ1) is 19.7. The number of amides is 1. The van der Waals surface area contributed by atoms with Gasteiger partial charge in [0.2, 0.25) is 0 Å². The molecule has 0 spiro atoms. The zero-order valence-corrected chi connectivity index (χ0v) is 16.3. The number of carboxylic acids is 1. The third-order valence-corrected chi connectivity index (χ3v) is 4.97. The Balaban J connectivity index is 1.79. The molecule has 3 rings (SSSR count). The van der Waals surface area contributed by atoms with Crippen LogP contribution in [0.25, 0.3) is 6.08 Å². The molecular formula is C21H20N2O4S. The number of nitrogens with zero attached hydrogens (tertiary/aromatic N) is 1. The van der Waals surface area contributed by atoms with Gasteiger partial charge < -0.3 is 15.2 Å². The van der Waals surface area contributed by atoms with Gasteiger partial charge in [-0.15, -0.1) is 0 Å². The zero-order chi connectivity index (χ0) is 20.1. The lowest BCUT2D eigenvalue weighted by Gasteiger charge is -2.10. The molecule has 0 radical (unpaired) electrons. The van der Waals surface area contributed by atoms with Crippen LogP contribution >= 0.6 is 11.8 Å². The second-order valence-corrected chi connectivity index (χ2v) is 7.17. The molecule has 1 atom stereocenters. The summed E-state index contributed by atoms with van der Waals surface area (Å²) in [5, 5.41) is 12.3. The minimum atomic E-state index is -1.04. The summed E-state index contributed by atoms with van der Waals surface area (Å²) in [6.07, 6.45) is 1.63. The molecule has 2 aromatic rings. The van der Waals surface area contributed by atoms with Crippen molar-refractivity contribution in [3.05, 3.63) is 64.6 Å². The van der Waals surface area contributed by atoms with E-state index in [1.807, 2.05) is 30.3 Å². The van der Waals surface area contributed by atoms with Gasteiger partial charge in [0.05, 0.1) is 10.6 Å². The van der Waals surface area contributed by atoms with E-state index in [9.17, 15) is 9.59 Å². The summed E-state index contributed by atoms with van der Waals surface area (Å²) in [5.74, 6) is -0.830. The quantitative estimate of drug-likeness (QED) is 0.721. The van der Waals surface area contributed by atoms with E-state index >= 15 is 0 Å². The summed E-state index contributed by atoms with van der Waals surface area (Å²) in [6, 6.07) is 14.8. The first-order chi connectivity index (χ1) is 13.5. The SMILES string of the molecule is CCc1ccccc1N=C1NC(=O)/C(=C\c2cccc(OC(C)C(=O)O)c2)S1. The molecule has 0 aromatic heterocycles. The van der Waals surface area contributed by atoms with Gasteiger partial charge in [-0.05, 0) is 60.5 Å². The maximum Gasteiger partial charge on any atom is 0.344 e. The lowest BCUT2D eigenvalue weighted by atomic mass is 10.1. The molecule has 28 heavy (non-hydrogen) atoms. The smallest absolute Gasteiger partial charge is 0.344 e. The van der Waals surface area contributed by atoms with Crippen molar-refractivity contribution in [3.8, 4) is 5.75 Å². The second kappa shape index (κ2) is 8.75. The van der Waals surface area contributed by atoms with E-state index in [1.54, 1.807) is 24.3 Å². The Morgan fingerprint density at radius 2 is 2.07 bits per heavy atom. The van der Waals surface area contributed by atoms with Crippen LogP contribution in [0.5, 0.6) is 5.75 Å². The van der Waals surface area contributed by atoms with Crippen LogP contribution in [0.4, 0.5) is 5.69 Å². The van der Waals surface area contributed by atoms with Crippen molar-refractivity contribution in [1.29, 1.82) is 0 Å².